The van der Waals surface area contributed by atoms with Crippen LogP contribution in [0.4, 0.5) is 0 Å². The third-order valence-electron chi connectivity index (χ3n) is 3.62. The van der Waals surface area contributed by atoms with Crippen LogP contribution in [0.15, 0.2) is 23.8 Å². The van der Waals surface area contributed by atoms with Crippen LogP contribution in [0, 0.1) is 5.92 Å². The Morgan fingerprint density at radius 2 is 2.00 bits per heavy atom. The summed E-state index contributed by atoms with van der Waals surface area (Å²) >= 11 is 0. The molecule has 0 bridgehead atoms. The summed E-state index contributed by atoms with van der Waals surface area (Å²) in [5, 5.41) is 10.5. The average Bonchev–Trinajstić information content (AvgIpc) is 2.19. The molecule has 0 aromatic carbocycles. The molecule has 1 heteroatoms. The minimum absolute atomic E-state index is 0.496. The van der Waals surface area contributed by atoms with Crippen molar-refractivity contribution in [2.75, 3.05) is 0 Å². The summed E-state index contributed by atoms with van der Waals surface area (Å²) in [6, 6.07) is 0. The Hall–Kier alpha value is -0.560. The third kappa shape index (κ3) is 1.93. The Morgan fingerprint density at radius 3 is 2.64 bits per heavy atom. The lowest BCUT2D eigenvalue weighted by Gasteiger charge is -2.37. The maximum Gasteiger partial charge on any atom is 0.0895 e. The molecule has 2 rings (SSSR count). The molecule has 2 aliphatic rings. The van der Waals surface area contributed by atoms with Crippen molar-refractivity contribution in [3.05, 3.63) is 23.8 Å². The SMILES string of the molecule is CC1=CC(O)(C2CCCCC2)CC=C1. The van der Waals surface area contributed by atoms with Crippen LogP contribution in [-0.4, -0.2) is 10.7 Å². The summed E-state index contributed by atoms with van der Waals surface area (Å²) in [5.74, 6) is 0.496. The van der Waals surface area contributed by atoms with E-state index in [4.69, 9.17) is 0 Å². The lowest BCUT2D eigenvalue weighted by molar-refractivity contribution is 0.0118. The van der Waals surface area contributed by atoms with Crippen molar-refractivity contribution in [1.29, 1.82) is 0 Å². The van der Waals surface area contributed by atoms with Crippen molar-refractivity contribution < 1.29 is 5.11 Å². The summed E-state index contributed by atoms with van der Waals surface area (Å²) in [7, 11) is 0. The van der Waals surface area contributed by atoms with Crippen LogP contribution in [-0.2, 0) is 0 Å². The van der Waals surface area contributed by atoms with Gasteiger partial charge in [-0.3, -0.25) is 0 Å². The van der Waals surface area contributed by atoms with Gasteiger partial charge in [0.1, 0.15) is 0 Å². The first-order valence-corrected chi connectivity index (χ1v) is 5.79. The normalized spacial score (nSPS) is 34.3. The van der Waals surface area contributed by atoms with Gasteiger partial charge in [0.15, 0.2) is 0 Å². The Kier molecular flexibility index (Phi) is 2.78. The minimum atomic E-state index is -0.529. The van der Waals surface area contributed by atoms with Gasteiger partial charge in [-0.2, -0.15) is 0 Å². The molecule has 1 saturated carbocycles. The van der Waals surface area contributed by atoms with Crippen molar-refractivity contribution in [3.63, 3.8) is 0 Å². The summed E-state index contributed by atoms with van der Waals surface area (Å²) in [5.41, 5.74) is 0.684. The first-order chi connectivity index (χ1) is 6.71. The second kappa shape index (κ2) is 3.90. The molecule has 1 fully saturated rings. The zero-order valence-corrected chi connectivity index (χ0v) is 9.00. The predicted molar refractivity (Wildman–Crippen MR) is 59.0 cm³/mol. The molecule has 2 aliphatic carbocycles. The molecule has 0 amide bonds. The summed E-state index contributed by atoms with van der Waals surface area (Å²) in [4.78, 5) is 0. The van der Waals surface area contributed by atoms with Crippen molar-refractivity contribution in [2.45, 2.75) is 51.0 Å². The first-order valence-electron chi connectivity index (χ1n) is 5.79. The number of allylic oxidation sites excluding steroid dienone is 2. The number of hydrogen-bond donors (Lipinski definition) is 1. The maximum atomic E-state index is 10.5. The molecule has 0 aliphatic heterocycles. The van der Waals surface area contributed by atoms with Crippen LogP contribution < -0.4 is 0 Å². The van der Waals surface area contributed by atoms with Crippen LogP contribution in [0.1, 0.15) is 45.4 Å². The van der Waals surface area contributed by atoms with Crippen LogP contribution in [0.2, 0.25) is 0 Å². The van der Waals surface area contributed by atoms with E-state index in [0.717, 1.165) is 6.42 Å². The maximum absolute atomic E-state index is 10.5. The summed E-state index contributed by atoms with van der Waals surface area (Å²) in [6.07, 6.45) is 13.5. The van der Waals surface area contributed by atoms with Crippen molar-refractivity contribution in [3.8, 4) is 0 Å². The molecule has 1 atom stereocenters. The molecule has 0 spiro atoms. The smallest absolute Gasteiger partial charge is 0.0895 e. The highest BCUT2D eigenvalue weighted by atomic mass is 16.3. The second-order valence-electron chi connectivity index (χ2n) is 4.82. The molecule has 1 nitrogen and oxygen atoms in total. The van der Waals surface area contributed by atoms with Gasteiger partial charge in [-0.25, -0.2) is 0 Å². The average molecular weight is 192 g/mol. The van der Waals surface area contributed by atoms with Gasteiger partial charge in [-0.1, -0.05) is 37.0 Å². The van der Waals surface area contributed by atoms with E-state index < -0.39 is 5.60 Å². The number of rotatable bonds is 1. The van der Waals surface area contributed by atoms with Gasteiger partial charge >= 0.3 is 0 Å². The lowest BCUT2D eigenvalue weighted by Crippen LogP contribution is -2.37. The molecular weight excluding hydrogens is 172 g/mol. The van der Waals surface area contributed by atoms with E-state index >= 15 is 0 Å². The molecule has 78 valence electrons. The molecule has 14 heavy (non-hydrogen) atoms. The third-order valence-corrected chi connectivity index (χ3v) is 3.62. The van der Waals surface area contributed by atoms with Crippen LogP contribution in [0.3, 0.4) is 0 Å². The van der Waals surface area contributed by atoms with E-state index in [2.05, 4.69) is 25.2 Å². The fourth-order valence-electron chi connectivity index (χ4n) is 2.82. The van der Waals surface area contributed by atoms with Gasteiger partial charge in [0, 0.05) is 0 Å². The molecular formula is C13H20O. The molecule has 0 aromatic rings. The van der Waals surface area contributed by atoms with E-state index in [1.54, 1.807) is 0 Å². The highest BCUT2D eigenvalue weighted by molar-refractivity contribution is 5.27. The minimum Gasteiger partial charge on any atom is -0.385 e. The van der Waals surface area contributed by atoms with E-state index in [1.165, 1.54) is 37.7 Å². The predicted octanol–water partition coefficient (Wildman–Crippen LogP) is 3.20. The Labute approximate surface area is 86.5 Å². The van der Waals surface area contributed by atoms with E-state index in [1.807, 2.05) is 0 Å². The van der Waals surface area contributed by atoms with Gasteiger partial charge in [0.25, 0.3) is 0 Å². The topological polar surface area (TPSA) is 20.2 Å². The van der Waals surface area contributed by atoms with Crippen LogP contribution in [0.25, 0.3) is 0 Å². The van der Waals surface area contributed by atoms with E-state index in [-0.39, 0.29) is 0 Å². The van der Waals surface area contributed by atoms with E-state index in [9.17, 15) is 5.11 Å². The van der Waals surface area contributed by atoms with Gasteiger partial charge in [-0.15, -0.1) is 0 Å². The molecule has 1 unspecified atom stereocenters. The van der Waals surface area contributed by atoms with E-state index in [0.29, 0.717) is 5.92 Å². The monoisotopic (exact) mass is 192 g/mol. The largest absolute Gasteiger partial charge is 0.385 e. The number of aliphatic hydroxyl groups is 1. The molecule has 0 saturated heterocycles. The van der Waals surface area contributed by atoms with Gasteiger partial charge in [-0.05, 0) is 38.2 Å². The van der Waals surface area contributed by atoms with Crippen LogP contribution >= 0.6 is 0 Å². The Bertz CT molecular complexity index is 258. The number of hydrogen-bond acceptors (Lipinski definition) is 1. The van der Waals surface area contributed by atoms with Gasteiger partial charge in [0.2, 0.25) is 0 Å². The second-order valence-corrected chi connectivity index (χ2v) is 4.82. The highest BCUT2D eigenvalue weighted by Crippen LogP contribution is 2.38. The van der Waals surface area contributed by atoms with Crippen molar-refractivity contribution >= 4 is 0 Å². The van der Waals surface area contributed by atoms with Gasteiger partial charge in [0.05, 0.1) is 5.60 Å². The Balaban J connectivity index is 2.11. The fraction of sp³-hybridized carbons (Fsp3) is 0.692. The van der Waals surface area contributed by atoms with Gasteiger partial charge < -0.3 is 5.11 Å². The molecule has 0 radical (unpaired) electrons. The Morgan fingerprint density at radius 1 is 1.29 bits per heavy atom. The highest BCUT2D eigenvalue weighted by Gasteiger charge is 2.35. The first kappa shape index (κ1) is 9.97. The standard InChI is InChI=1S/C13H20O/c1-11-6-5-9-13(14,10-11)12-7-3-2-4-8-12/h5-6,10,12,14H,2-4,7-9H2,1H3. The summed E-state index contributed by atoms with van der Waals surface area (Å²) in [6.45, 7) is 2.07. The molecule has 0 heterocycles. The molecule has 0 aromatic heterocycles. The lowest BCUT2D eigenvalue weighted by atomic mass is 9.73. The van der Waals surface area contributed by atoms with Crippen molar-refractivity contribution in [1.82, 2.24) is 0 Å². The quantitative estimate of drug-likeness (QED) is 0.676. The van der Waals surface area contributed by atoms with Crippen LogP contribution in [0.5, 0.6) is 0 Å². The molecule has 1 N–H and O–H groups in total. The zero-order chi connectivity index (χ0) is 10.0. The fourth-order valence-corrected chi connectivity index (χ4v) is 2.82. The zero-order valence-electron chi connectivity index (χ0n) is 9.00. The van der Waals surface area contributed by atoms with Crippen molar-refractivity contribution in [2.24, 2.45) is 5.92 Å². The summed E-state index contributed by atoms with van der Waals surface area (Å²) < 4.78 is 0.